The van der Waals surface area contributed by atoms with Gasteiger partial charge in [0.15, 0.2) is 0 Å². The number of esters is 1. The smallest absolute Gasteiger partial charge is 0.313 e. The Balaban J connectivity index is 1.69. The fourth-order valence-electron chi connectivity index (χ4n) is 2.27. The molecule has 2 aromatic carbocycles. The molecule has 0 aliphatic heterocycles. The van der Waals surface area contributed by atoms with Crippen LogP contribution in [0.4, 0.5) is 5.69 Å². The van der Waals surface area contributed by atoms with E-state index in [0.29, 0.717) is 12.2 Å². The van der Waals surface area contributed by atoms with E-state index in [1.807, 2.05) is 30.3 Å². The van der Waals surface area contributed by atoms with Crippen LogP contribution in [0, 0.1) is 16.0 Å². The van der Waals surface area contributed by atoms with E-state index in [9.17, 15) is 19.7 Å². The standard InChI is InChI=1S/C20H21NO6/c1-15(12-26-13-16-5-3-2-4-6-16)19(22)11-20(23)27-14-17-7-9-18(10-8-17)21(24)25/h2-10,15H,11-14H2,1H3. The fourth-order valence-corrected chi connectivity index (χ4v) is 2.27. The zero-order valence-electron chi connectivity index (χ0n) is 15.0. The molecule has 142 valence electrons. The van der Waals surface area contributed by atoms with Gasteiger partial charge < -0.3 is 9.47 Å². The summed E-state index contributed by atoms with van der Waals surface area (Å²) in [5.74, 6) is -1.30. The lowest BCUT2D eigenvalue weighted by atomic mass is 10.1. The maximum atomic E-state index is 12.1. The number of carbonyl (C=O) groups excluding carboxylic acids is 2. The number of nitro benzene ring substituents is 1. The number of carbonyl (C=O) groups is 2. The SMILES string of the molecule is CC(COCc1ccccc1)C(=O)CC(=O)OCc1ccc([N+](=O)[O-])cc1. The second-order valence-corrected chi connectivity index (χ2v) is 6.13. The number of benzene rings is 2. The van der Waals surface area contributed by atoms with Crippen LogP contribution in [0.3, 0.4) is 0 Å². The van der Waals surface area contributed by atoms with Crippen LogP contribution in [-0.2, 0) is 32.3 Å². The van der Waals surface area contributed by atoms with Crippen LogP contribution in [0.1, 0.15) is 24.5 Å². The van der Waals surface area contributed by atoms with Gasteiger partial charge in [0, 0.05) is 18.1 Å². The molecule has 0 radical (unpaired) electrons. The third-order valence-corrected chi connectivity index (χ3v) is 3.89. The molecular weight excluding hydrogens is 350 g/mol. The second-order valence-electron chi connectivity index (χ2n) is 6.13. The summed E-state index contributed by atoms with van der Waals surface area (Å²) in [4.78, 5) is 34.0. The molecule has 0 amide bonds. The van der Waals surface area contributed by atoms with E-state index in [1.165, 1.54) is 24.3 Å². The number of nitrogens with zero attached hydrogens (tertiary/aromatic N) is 1. The van der Waals surface area contributed by atoms with Gasteiger partial charge in [0.05, 0.1) is 18.1 Å². The van der Waals surface area contributed by atoms with Crippen LogP contribution in [-0.4, -0.2) is 23.3 Å². The molecule has 0 saturated carbocycles. The van der Waals surface area contributed by atoms with Crippen molar-refractivity contribution in [2.45, 2.75) is 26.6 Å². The van der Waals surface area contributed by atoms with Gasteiger partial charge in [-0.05, 0) is 23.3 Å². The summed E-state index contributed by atoms with van der Waals surface area (Å²) < 4.78 is 10.6. The summed E-state index contributed by atoms with van der Waals surface area (Å²) in [7, 11) is 0. The minimum Gasteiger partial charge on any atom is -0.460 e. The molecule has 0 fully saturated rings. The minimum atomic E-state index is -0.631. The Labute approximate surface area is 157 Å². The number of ether oxygens (including phenoxy) is 2. The minimum absolute atomic E-state index is 0.0374. The summed E-state index contributed by atoms with van der Waals surface area (Å²) in [6, 6.07) is 15.3. The molecule has 1 atom stereocenters. The van der Waals surface area contributed by atoms with Crippen LogP contribution in [0.15, 0.2) is 54.6 Å². The molecular formula is C20H21NO6. The highest BCUT2D eigenvalue weighted by atomic mass is 16.6. The van der Waals surface area contributed by atoms with Crippen molar-refractivity contribution in [2.24, 2.45) is 5.92 Å². The molecule has 0 saturated heterocycles. The molecule has 0 spiro atoms. The third kappa shape index (κ3) is 6.99. The summed E-state index contributed by atoms with van der Waals surface area (Å²) >= 11 is 0. The number of rotatable bonds is 10. The van der Waals surface area contributed by atoms with Crippen LogP contribution >= 0.6 is 0 Å². The summed E-state index contributed by atoms with van der Waals surface area (Å²) in [6.07, 6.45) is -0.331. The highest BCUT2D eigenvalue weighted by molar-refractivity contribution is 5.96. The first-order chi connectivity index (χ1) is 13.0. The van der Waals surface area contributed by atoms with E-state index in [4.69, 9.17) is 9.47 Å². The number of ketones is 1. The van der Waals surface area contributed by atoms with E-state index >= 15 is 0 Å². The zero-order chi connectivity index (χ0) is 19.6. The number of nitro groups is 1. The van der Waals surface area contributed by atoms with Crippen LogP contribution in [0.25, 0.3) is 0 Å². The van der Waals surface area contributed by atoms with Crippen LogP contribution < -0.4 is 0 Å². The van der Waals surface area contributed by atoms with E-state index in [2.05, 4.69) is 0 Å². The van der Waals surface area contributed by atoms with Crippen LogP contribution in [0.2, 0.25) is 0 Å². The van der Waals surface area contributed by atoms with Crippen molar-refractivity contribution in [1.82, 2.24) is 0 Å². The Kier molecular flexibility index (Phi) is 7.63. The molecule has 0 aromatic heterocycles. The molecule has 7 nitrogen and oxygen atoms in total. The van der Waals surface area contributed by atoms with Gasteiger partial charge in [0.1, 0.15) is 18.8 Å². The molecule has 2 aromatic rings. The van der Waals surface area contributed by atoms with Crippen molar-refractivity contribution in [1.29, 1.82) is 0 Å². The van der Waals surface area contributed by atoms with Gasteiger partial charge in [-0.3, -0.25) is 19.7 Å². The molecule has 1 unspecified atom stereocenters. The molecule has 0 aliphatic rings. The number of non-ortho nitro benzene ring substituents is 1. The van der Waals surface area contributed by atoms with E-state index < -0.39 is 16.8 Å². The van der Waals surface area contributed by atoms with Gasteiger partial charge >= 0.3 is 5.97 Å². The van der Waals surface area contributed by atoms with Crippen molar-refractivity contribution < 1.29 is 24.0 Å². The Hall–Kier alpha value is -3.06. The van der Waals surface area contributed by atoms with Crippen molar-refractivity contribution in [3.63, 3.8) is 0 Å². The average molecular weight is 371 g/mol. The summed E-state index contributed by atoms with van der Waals surface area (Å²) in [6.45, 7) is 2.30. The normalized spacial score (nSPS) is 11.6. The number of hydrogen-bond donors (Lipinski definition) is 0. The van der Waals surface area contributed by atoms with Gasteiger partial charge in [-0.15, -0.1) is 0 Å². The molecule has 27 heavy (non-hydrogen) atoms. The van der Waals surface area contributed by atoms with Gasteiger partial charge in [-0.2, -0.15) is 0 Å². The topological polar surface area (TPSA) is 95.7 Å². The van der Waals surface area contributed by atoms with Gasteiger partial charge in [-0.1, -0.05) is 37.3 Å². The predicted octanol–water partition coefficient (Wildman–Crippen LogP) is 3.45. The lowest BCUT2D eigenvalue weighted by Gasteiger charge is -2.11. The summed E-state index contributed by atoms with van der Waals surface area (Å²) in [5.41, 5.74) is 1.59. The predicted molar refractivity (Wildman–Crippen MR) is 97.8 cm³/mol. The maximum absolute atomic E-state index is 12.1. The van der Waals surface area contributed by atoms with E-state index in [-0.39, 0.29) is 31.1 Å². The molecule has 0 aliphatic carbocycles. The van der Waals surface area contributed by atoms with E-state index in [1.54, 1.807) is 6.92 Å². The fraction of sp³-hybridized carbons (Fsp3) is 0.300. The first-order valence-electron chi connectivity index (χ1n) is 8.49. The van der Waals surface area contributed by atoms with Gasteiger partial charge in [-0.25, -0.2) is 0 Å². The largest absolute Gasteiger partial charge is 0.460 e. The molecule has 0 heterocycles. The molecule has 0 bridgehead atoms. The number of hydrogen-bond acceptors (Lipinski definition) is 6. The Morgan fingerprint density at radius 1 is 1.00 bits per heavy atom. The molecule has 7 heteroatoms. The van der Waals surface area contributed by atoms with Gasteiger partial charge in [0.2, 0.25) is 0 Å². The molecule has 2 rings (SSSR count). The Morgan fingerprint density at radius 3 is 2.26 bits per heavy atom. The highest BCUT2D eigenvalue weighted by Gasteiger charge is 2.18. The van der Waals surface area contributed by atoms with Crippen molar-refractivity contribution >= 4 is 17.4 Å². The first kappa shape index (κ1) is 20.3. The monoisotopic (exact) mass is 371 g/mol. The van der Waals surface area contributed by atoms with Crippen molar-refractivity contribution in [2.75, 3.05) is 6.61 Å². The number of Topliss-reactive ketones (excluding diaryl/α,β-unsaturated/α-hetero) is 1. The third-order valence-electron chi connectivity index (χ3n) is 3.89. The highest BCUT2D eigenvalue weighted by Crippen LogP contribution is 2.13. The lowest BCUT2D eigenvalue weighted by Crippen LogP contribution is -2.21. The van der Waals surface area contributed by atoms with Gasteiger partial charge in [0.25, 0.3) is 5.69 Å². The lowest BCUT2D eigenvalue weighted by molar-refractivity contribution is -0.384. The first-order valence-corrected chi connectivity index (χ1v) is 8.49. The summed E-state index contributed by atoms with van der Waals surface area (Å²) in [5, 5.41) is 10.6. The maximum Gasteiger partial charge on any atom is 0.313 e. The average Bonchev–Trinajstić information content (AvgIpc) is 2.67. The molecule has 0 N–H and O–H groups in total. The van der Waals surface area contributed by atoms with Crippen molar-refractivity contribution in [3.8, 4) is 0 Å². The van der Waals surface area contributed by atoms with Crippen LogP contribution in [0.5, 0.6) is 0 Å². The Morgan fingerprint density at radius 2 is 1.63 bits per heavy atom. The second kappa shape index (κ2) is 10.2. The quantitative estimate of drug-likeness (QED) is 0.275. The zero-order valence-corrected chi connectivity index (χ0v) is 15.0. The Bertz CT molecular complexity index is 773. The van der Waals surface area contributed by atoms with Crippen molar-refractivity contribution in [3.05, 3.63) is 75.8 Å². The van der Waals surface area contributed by atoms with E-state index in [0.717, 1.165) is 5.56 Å².